The lowest BCUT2D eigenvalue weighted by Gasteiger charge is -2.19. The highest BCUT2D eigenvalue weighted by Gasteiger charge is 2.16. The lowest BCUT2D eigenvalue weighted by Crippen LogP contribution is -2.24. The highest BCUT2D eigenvalue weighted by atomic mass is 32.2. The Morgan fingerprint density at radius 1 is 1.10 bits per heavy atom. The van der Waals surface area contributed by atoms with Crippen LogP contribution in [0, 0.1) is 18.6 Å². The highest BCUT2D eigenvalue weighted by Crippen LogP contribution is 2.27. The van der Waals surface area contributed by atoms with Crippen molar-refractivity contribution in [2.75, 3.05) is 12.3 Å². The van der Waals surface area contributed by atoms with Gasteiger partial charge in [0.1, 0.15) is 11.6 Å². The Bertz CT molecular complexity index is 584. The molecule has 0 radical (unpaired) electrons. The molecule has 0 spiro atoms. The van der Waals surface area contributed by atoms with E-state index in [1.54, 1.807) is 11.8 Å². The maximum absolute atomic E-state index is 13.9. The fraction of sp³-hybridized carbons (Fsp3) is 0.294. The molecule has 0 fully saturated rings. The summed E-state index contributed by atoms with van der Waals surface area (Å²) < 4.78 is 27.3. The van der Waals surface area contributed by atoms with Crippen LogP contribution in [0.2, 0.25) is 0 Å². The maximum Gasteiger partial charge on any atom is 0.128 e. The number of nitrogens with one attached hydrogen (secondary N) is 1. The first-order valence-electron chi connectivity index (χ1n) is 6.98. The quantitative estimate of drug-likeness (QED) is 0.775. The first kappa shape index (κ1) is 16.0. The summed E-state index contributed by atoms with van der Waals surface area (Å²) in [6, 6.07) is 11.6. The van der Waals surface area contributed by atoms with E-state index < -0.39 is 5.82 Å². The summed E-state index contributed by atoms with van der Waals surface area (Å²) in [5.74, 6) is -0.126. The maximum atomic E-state index is 13.9. The van der Waals surface area contributed by atoms with Gasteiger partial charge in [-0.25, -0.2) is 8.78 Å². The zero-order valence-electron chi connectivity index (χ0n) is 12.2. The van der Waals surface area contributed by atoms with Crippen LogP contribution in [0.1, 0.15) is 24.1 Å². The fourth-order valence-electron chi connectivity index (χ4n) is 2.10. The van der Waals surface area contributed by atoms with Gasteiger partial charge in [0.05, 0.1) is 0 Å². The van der Waals surface area contributed by atoms with Gasteiger partial charge in [-0.05, 0) is 43.8 Å². The number of benzene rings is 2. The van der Waals surface area contributed by atoms with Gasteiger partial charge in [0.2, 0.25) is 0 Å². The normalized spacial score (nSPS) is 12.4. The number of thioether (sulfide) groups is 1. The van der Waals surface area contributed by atoms with Gasteiger partial charge in [0, 0.05) is 22.3 Å². The van der Waals surface area contributed by atoms with Gasteiger partial charge in [-0.15, -0.1) is 11.8 Å². The predicted molar refractivity (Wildman–Crippen MR) is 84.7 cm³/mol. The SMILES string of the molecule is CCNC(CSc1ccc(C)cc1)c1cc(F)ccc1F. The number of hydrogen-bond acceptors (Lipinski definition) is 2. The summed E-state index contributed by atoms with van der Waals surface area (Å²) in [6.45, 7) is 4.70. The molecule has 21 heavy (non-hydrogen) atoms. The van der Waals surface area contributed by atoms with Crippen LogP contribution in [0.5, 0.6) is 0 Å². The van der Waals surface area contributed by atoms with Gasteiger partial charge in [0.25, 0.3) is 0 Å². The van der Waals surface area contributed by atoms with Gasteiger partial charge in [-0.1, -0.05) is 24.6 Å². The molecule has 2 aromatic carbocycles. The second-order valence-corrected chi connectivity index (χ2v) is 5.99. The van der Waals surface area contributed by atoms with E-state index in [2.05, 4.69) is 5.32 Å². The molecule has 0 aliphatic rings. The molecule has 0 saturated carbocycles. The fourth-order valence-corrected chi connectivity index (χ4v) is 3.09. The molecule has 0 aliphatic carbocycles. The number of rotatable bonds is 6. The molecular formula is C17H19F2NS. The minimum absolute atomic E-state index is 0.211. The number of hydrogen-bond donors (Lipinski definition) is 1. The Balaban J connectivity index is 2.11. The molecular weight excluding hydrogens is 288 g/mol. The third-order valence-corrected chi connectivity index (χ3v) is 4.33. The van der Waals surface area contributed by atoms with Crippen molar-refractivity contribution in [2.24, 2.45) is 0 Å². The van der Waals surface area contributed by atoms with Crippen LogP contribution in [0.4, 0.5) is 8.78 Å². The zero-order chi connectivity index (χ0) is 15.2. The van der Waals surface area contributed by atoms with E-state index in [9.17, 15) is 8.78 Å². The summed E-state index contributed by atoms with van der Waals surface area (Å²) >= 11 is 1.63. The molecule has 0 aliphatic heterocycles. The predicted octanol–water partition coefficient (Wildman–Crippen LogP) is 4.72. The molecule has 1 atom stereocenters. The topological polar surface area (TPSA) is 12.0 Å². The summed E-state index contributed by atoms with van der Waals surface area (Å²) in [5, 5.41) is 3.22. The molecule has 0 aromatic heterocycles. The van der Waals surface area contributed by atoms with Crippen molar-refractivity contribution in [3.05, 3.63) is 65.2 Å². The van der Waals surface area contributed by atoms with Crippen molar-refractivity contribution >= 4 is 11.8 Å². The van der Waals surface area contributed by atoms with E-state index >= 15 is 0 Å². The van der Waals surface area contributed by atoms with E-state index in [0.29, 0.717) is 17.9 Å². The Labute approximate surface area is 128 Å². The largest absolute Gasteiger partial charge is 0.309 e. The van der Waals surface area contributed by atoms with Crippen molar-refractivity contribution in [1.82, 2.24) is 5.32 Å². The van der Waals surface area contributed by atoms with E-state index in [1.807, 2.05) is 38.1 Å². The van der Waals surface area contributed by atoms with Crippen LogP contribution in [-0.4, -0.2) is 12.3 Å². The first-order valence-corrected chi connectivity index (χ1v) is 7.96. The van der Waals surface area contributed by atoms with Gasteiger partial charge in [0.15, 0.2) is 0 Å². The summed E-state index contributed by atoms with van der Waals surface area (Å²) in [4.78, 5) is 1.13. The molecule has 0 saturated heterocycles. The van der Waals surface area contributed by atoms with Crippen LogP contribution in [0.3, 0.4) is 0 Å². The van der Waals surface area contributed by atoms with E-state index in [-0.39, 0.29) is 11.9 Å². The minimum atomic E-state index is -0.408. The molecule has 112 valence electrons. The average molecular weight is 307 g/mol. The van der Waals surface area contributed by atoms with Crippen molar-refractivity contribution in [2.45, 2.75) is 24.8 Å². The monoisotopic (exact) mass is 307 g/mol. The molecule has 1 N–H and O–H groups in total. The molecule has 2 aromatic rings. The van der Waals surface area contributed by atoms with E-state index in [1.165, 1.54) is 17.7 Å². The van der Waals surface area contributed by atoms with Crippen molar-refractivity contribution < 1.29 is 8.78 Å². The Hall–Kier alpha value is -1.39. The van der Waals surface area contributed by atoms with Crippen molar-refractivity contribution in [3.8, 4) is 0 Å². The second kappa shape index (κ2) is 7.57. The highest BCUT2D eigenvalue weighted by molar-refractivity contribution is 7.99. The third-order valence-electron chi connectivity index (χ3n) is 3.22. The lowest BCUT2D eigenvalue weighted by atomic mass is 10.1. The van der Waals surface area contributed by atoms with Crippen molar-refractivity contribution in [1.29, 1.82) is 0 Å². The van der Waals surface area contributed by atoms with Gasteiger partial charge in [-0.2, -0.15) is 0 Å². The van der Waals surface area contributed by atoms with Crippen LogP contribution < -0.4 is 5.32 Å². The van der Waals surface area contributed by atoms with Gasteiger partial charge in [-0.3, -0.25) is 0 Å². The Kier molecular flexibility index (Phi) is 5.76. The molecule has 1 nitrogen and oxygen atoms in total. The van der Waals surface area contributed by atoms with Gasteiger partial charge < -0.3 is 5.32 Å². The zero-order valence-corrected chi connectivity index (χ0v) is 13.0. The Morgan fingerprint density at radius 3 is 2.48 bits per heavy atom. The van der Waals surface area contributed by atoms with E-state index in [4.69, 9.17) is 0 Å². The molecule has 1 unspecified atom stereocenters. The first-order chi connectivity index (χ1) is 10.1. The van der Waals surface area contributed by atoms with Crippen LogP contribution in [0.25, 0.3) is 0 Å². The van der Waals surface area contributed by atoms with Crippen molar-refractivity contribution in [3.63, 3.8) is 0 Å². The number of halogens is 2. The summed E-state index contributed by atoms with van der Waals surface area (Å²) in [6.07, 6.45) is 0. The molecule has 2 rings (SSSR count). The van der Waals surface area contributed by atoms with E-state index in [0.717, 1.165) is 11.0 Å². The van der Waals surface area contributed by atoms with Crippen LogP contribution in [0.15, 0.2) is 47.4 Å². The van der Waals surface area contributed by atoms with Crippen LogP contribution >= 0.6 is 11.8 Å². The smallest absolute Gasteiger partial charge is 0.128 e. The second-order valence-electron chi connectivity index (χ2n) is 4.90. The number of aryl methyl sites for hydroxylation is 1. The molecule has 0 heterocycles. The molecule has 0 bridgehead atoms. The average Bonchev–Trinajstić information content (AvgIpc) is 2.48. The summed E-state index contributed by atoms with van der Waals surface area (Å²) in [5.41, 5.74) is 1.59. The van der Waals surface area contributed by atoms with Gasteiger partial charge >= 0.3 is 0 Å². The molecule has 0 amide bonds. The standard InChI is InChI=1S/C17H19F2NS/c1-3-20-17(15-10-13(18)6-9-16(15)19)11-21-14-7-4-12(2)5-8-14/h4-10,17,20H,3,11H2,1-2H3. The third kappa shape index (κ3) is 4.55. The Morgan fingerprint density at radius 2 is 1.81 bits per heavy atom. The summed E-state index contributed by atoms with van der Waals surface area (Å²) in [7, 11) is 0. The molecule has 4 heteroatoms. The minimum Gasteiger partial charge on any atom is -0.309 e. The lowest BCUT2D eigenvalue weighted by molar-refractivity contribution is 0.533. The van der Waals surface area contributed by atoms with Crippen LogP contribution in [-0.2, 0) is 0 Å².